The first-order chi connectivity index (χ1) is 14.3. The second kappa shape index (κ2) is 8.06. The van der Waals surface area contributed by atoms with Gasteiger partial charge in [-0.2, -0.15) is 0 Å². The highest BCUT2D eigenvalue weighted by Crippen LogP contribution is 2.39. The summed E-state index contributed by atoms with van der Waals surface area (Å²) in [5.41, 5.74) is 2.56. The summed E-state index contributed by atoms with van der Waals surface area (Å²) >= 11 is 12.5. The Hall–Kier alpha value is -2.34. The molecule has 1 saturated heterocycles. The lowest BCUT2D eigenvalue weighted by molar-refractivity contribution is -0.121. The van der Waals surface area contributed by atoms with Crippen LogP contribution in [0.4, 0.5) is 5.69 Å². The van der Waals surface area contributed by atoms with E-state index in [9.17, 15) is 9.59 Å². The summed E-state index contributed by atoms with van der Waals surface area (Å²) in [5.74, 6) is -0.739. The minimum Gasteiger partial charge on any atom is -0.372 e. The molecule has 0 aromatic heterocycles. The average molecular weight is 445 g/mol. The van der Waals surface area contributed by atoms with Crippen LogP contribution in [0.5, 0.6) is 0 Å². The molecule has 2 atom stereocenters. The normalized spacial score (nSPS) is 22.3. The van der Waals surface area contributed by atoms with E-state index in [4.69, 9.17) is 27.9 Å². The van der Waals surface area contributed by atoms with Gasteiger partial charge in [0.15, 0.2) is 0 Å². The molecule has 30 heavy (non-hydrogen) atoms. The molecule has 0 radical (unpaired) electrons. The van der Waals surface area contributed by atoms with Gasteiger partial charge in [-0.15, -0.1) is 0 Å². The summed E-state index contributed by atoms with van der Waals surface area (Å²) in [5, 5.41) is 0.796. The van der Waals surface area contributed by atoms with Crippen molar-refractivity contribution in [1.29, 1.82) is 0 Å². The molecule has 2 aliphatic rings. The molecule has 156 valence electrons. The number of morpholine rings is 1. The Kier molecular flexibility index (Phi) is 5.62. The van der Waals surface area contributed by atoms with E-state index in [1.807, 2.05) is 43.9 Å². The highest BCUT2D eigenvalue weighted by atomic mass is 35.5. The fourth-order valence-electron chi connectivity index (χ4n) is 4.14. The quantitative estimate of drug-likeness (QED) is 0.643. The van der Waals surface area contributed by atoms with Crippen LogP contribution in [-0.2, 0) is 14.3 Å². The van der Waals surface area contributed by atoms with Crippen molar-refractivity contribution in [3.63, 3.8) is 0 Å². The van der Waals surface area contributed by atoms with Gasteiger partial charge in [0, 0.05) is 23.7 Å². The van der Waals surface area contributed by atoms with Crippen molar-refractivity contribution in [3.8, 4) is 0 Å². The molecule has 2 heterocycles. The van der Waals surface area contributed by atoms with Crippen molar-refractivity contribution in [2.24, 2.45) is 0 Å². The molecule has 4 rings (SSSR count). The van der Waals surface area contributed by atoms with Crippen LogP contribution >= 0.6 is 23.2 Å². The molecule has 2 aromatic carbocycles. The van der Waals surface area contributed by atoms with Crippen molar-refractivity contribution in [3.05, 3.63) is 69.3 Å². The van der Waals surface area contributed by atoms with E-state index in [0.717, 1.165) is 5.56 Å². The lowest BCUT2D eigenvalue weighted by Gasteiger charge is -2.37. The SMILES string of the molecule is Cc1ccccc1N1C(=O)C(c2ccc(Cl)cc2Cl)=C(N2CC(C)OC(C)C2)C1=O. The Balaban J connectivity index is 1.89. The summed E-state index contributed by atoms with van der Waals surface area (Å²) in [6.07, 6.45) is -0.141. The number of nitrogens with zero attached hydrogens (tertiary/aromatic N) is 2. The maximum Gasteiger partial charge on any atom is 0.282 e. The number of ether oxygens (including phenoxy) is 1. The maximum atomic E-state index is 13.6. The minimum absolute atomic E-state index is 0.0707. The van der Waals surface area contributed by atoms with E-state index in [1.165, 1.54) is 4.90 Å². The molecular formula is C23H22Cl2N2O3. The van der Waals surface area contributed by atoms with Gasteiger partial charge in [0.25, 0.3) is 11.8 Å². The van der Waals surface area contributed by atoms with E-state index < -0.39 is 0 Å². The number of hydrogen-bond acceptors (Lipinski definition) is 4. The van der Waals surface area contributed by atoms with Crippen LogP contribution in [0.25, 0.3) is 5.57 Å². The molecule has 0 N–H and O–H groups in total. The fraction of sp³-hybridized carbons (Fsp3) is 0.304. The predicted molar refractivity (Wildman–Crippen MR) is 119 cm³/mol. The molecular weight excluding hydrogens is 423 g/mol. The third kappa shape index (κ3) is 3.62. The van der Waals surface area contributed by atoms with Gasteiger partial charge in [-0.3, -0.25) is 9.59 Å². The van der Waals surface area contributed by atoms with Gasteiger partial charge in [0.05, 0.1) is 28.5 Å². The molecule has 1 fully saturated rings. The minimum atomic E-state index is -0.389. The average Bonchev–Trinajstić information content (AvgIpc) is 2.92. The van der Waals surface area contributed by atoms with E-state index in [1.54, 1.807) is 24.3 Å². The molecule has 2 unspecified atom stereocenters. The van der Waals surface area contributed by atoms with Crippen molar-refractivity contribution < 1.29 is 14.3 Å². The lowest BCUT2D eigenvalue weighted by Crippen LogP contribution is -2.47. The molecule has 2 aromatic rings. The van der Waals surface area contributed by atoms with Crippen LogP contribution in [0.2, 0.25) is 10.0 Å². The Bertz CT molecular complexity index is 1060. The second-order valence-electron chi connectivity index (χ2n) is 7.74. The Labute approximate surface area is 185 Å². The van der Waals surface area contributed by atoms with Crippen LogP contribution in [-0.4, -0.2) is 42.0 Å². The first-order valence-electron chi connectivity index (χ1n) is 9.82. The van der Waals surface area contributed by atoms with Gasteiger partial charge in [-0.05, 0) is 44.5 Å². The molecule has 2 aliphatic heterocycles. The van der Waals surface area contributed by atoms with Crippen molar-refractivity contribution in [1.82, 2.24) is 4.90 Å². The lowest BCUT2D eigenvalue weighted by atomic mass is 10.0. The smallest absolute Gasteiger partial charge is 0.282 e. The molecule has 0 bridgehead atoms. The standard InChI is InChI=1S/C23H22Cl2N2O3/c1-13-6-4-5-7-19(13)27-22(28)20(17-9-8-16(24)10-18(17)25)21(23(27)29)26-11-14(2)30-15(3)12-26/h4-10,14-15H,11-12H2,1-3H3. The summed E-state index contributed by atoms with van der Waals surface area (Å²) in [6.45, 7) is 6.81. The van der Waals surface area contributed by atoms with Crippen molar-refractivity contribution >= 4 is 46.3 Å². The molecule has 0 saturated carbocycles. The van der Waals surface area contributed by atoms with Gasteiger partial charge in [0.2, 0.25) is 0 Å². The number of para-hydroxylation sites is 1. The zero-order valence-corrected chi connectivity index (χ0v) is 18.5. The summed E-state index contributed by atoms with van der Waals surface area (Å²) in [7, 11) is 0. The van der Waals surface area contributed by atoms with Gasteiger partial charge >= 0.3 is 0 Å². The predicted octanol–water partition coefficient (Wildman–Crippen LogP) is 4.70. The number of hydrogen-bond donors (Lipinski definition) is 0. The zero-order chi connectivity index (χ0) is 21.6. The van der Waals surface area contributed by atoms with Crippen molar-refractivity contribution in [2.45, 2.75) is 33.0 Å². The second-order valence-corrected chi connectivity index (χ2v) is 8.59. The number of halogens is 2. The molecule has 5 nitrogen and oxygen atoms in total. The van der Waals surface area contributed by atoms with Gasteiger partial charge in [-0.25, -0.2) is 4.90 Å². The van der Waals surface area contributed by atoms with Crippen LogP contribution < -0.4 is 4.90 Å². The van der Waals surface area contributed by atoms with E-state index in [-0.39, 0.29) is 24.0 Å². The third-order valence-electron chi connectivity index (χ3n) is 5.35. The van der Waals surface area contributed by atoms with E-state index in [2.05, 4.69) is 0 Å². The van der Waals surface area contributed by atoms with Crippen LogP contribution in [0, 0.1) is 6.92 Å². The number of amides is 2. The largest absolute Gasteiger partial charge is 0.372 e. The zero-order valence-electron chi connectivity index (χ0n) is 17.0. The number of carbonyl (C=O) groups excluding carboxylic acids is 2. The molecule has 2 amide bonds. The Morgan fingerprint density at radius 2 is 1.63 bits per heavy atom. The Morgan fingerprint density at radius 3 is 2.27 bits per heavy atom. The molecule has 0 spiro atoms. The molecule has 7 heteroatoms. The summed E-state index contributed by atoms with van der Waals surface area (Å²) in [4.78, 5) is 30.4. The molecule has 0 aliphatic carbocycles. The summed E-state index contributed by atoms with van der Waals surface area (Å²) in [6, 6.07) is 12.3. The fourth-order valence-corrected chi connectivity index (χ4v) is 4.64. The third-order valence-corrected chi connectivity index (χ3v) is 5.90. The first-order valence-corrected chi connectivity index (χ1v) is 10.6. The van der Waals surface area contributed by atoms with Crippen LogP contribution in [0.3, 0.4) is 0 Å². The number of benzene rings is 2. The number of anilines is 1. The van der Waals surface area contributed by atoms with Gasteiger partial charge in [-0.1, -0.05) is 47.5 Å². The first kappa shape index (κ1) is 20.9. The van der Waals surface area contributed by atoms with Crippen molar-refractivity contribution in [2.75, 3.05) is 18.0 Å². The van der Waals surface area contributed by atoms with E-state index >= 15 is 0 Å². The van der Waals surface area contributed by atoms with Crippen LogP contribution in [0.15, 0.2) is 48.2 Å². The highest BCUT2D eigenvalue weighted by molar-refractivity contribution is 6.47. The van der Waals surface area contributed by atoms with Gasteiger partial charge < -0.3 is 9.64 Å². The monoisotopic (exact) mass is 444 g/mol. The number of aryl methyl sites for hydroxylation is 1. The number of imide groups is 1. The number of rotatable bonds is 3. The highest BCUT2D eigenvalue weighted by Gasteiger charge is 2.44. The Morgan fingerprint density at radius 1 is 0.967 bits per heavy atom. The topological polar surface area (TPSA) is 49.9 Å². The summed E-state index contributed by atoms with van der Waals surface area (Å²) < 4.78 is 5.83. The maximum absolute atomic E-state index is 13.6. The number of carbonyl (C=O) groups is 2. The van der Waals surface area contributed by atoms with Crippen LogP contribution in [0.1, 0.15) is 25.0 Å². The van der Waals surface area contributed by atoms with Gasteiger partial charge in [0.1, 0.15) is 5.70 Å². The van der Waals surface area contributed by atoms with E-state index in [0.29, 0.717) is 45.7 Å².